The minimum Gasteiger partial charge on any atom is -0.478 e. The van der Waals surface area contributed by atoms with Crippen molar-refractivity contribution in [3.8, 4) is 0 Å². The van der Waals surface area contributed by atoms with Crippen LogP contribution in [0.2, 0.25) is 0 Å². The van der Waals surface area contributed by atoms with Crippen LogP contribution in [0.3, 0.4) is 0 Å². The molecule has 0 aliphatic carbocycles. The second-order valence-electron chi connectivity index (χ2n) is 9.24. The molecule has 3 heterocycles. The van der Waals surface area contributed by atoms with Crippen molar-refractivity contribution in [2.45, 2.75) is 6.92 Å². The summed E-state index contributed by atoms with van der Waals surface area (Å²) in [6, 6.07) is 11.1. The number of fused-ring (bicyclic) bond motifs is 2. The minimum atomic E-state index is -1.26. The lowest BCUT2D eigenvalue weighted by Gasteiger charge is -2.35. The van der Waals surface area contributed by atoms with Crippen molar-refractivity contribution < 1.29 is 43.3 Å². The van der Waals surface area contributed by atoms with Crippen LogP contribution in [0.15, 0.2) is 54.6 Å². The molecule has 3 aromatic rings. The molecule has 2 aliphatic rings. The minimum absolute atomic E-state index is 0.191. The molecule has 0 atom stereocenters. The zero-order valence-electron chi connectivity index (χ0n) is 22.6. The number of carboxylic acids is 2. The molecule has 0 radical (unpaired) electrons. The molecular weight excluding hydrogens is 553 g/mol. The molecule has 2 N–H and O–H groups in total. The summed E-state index contributed by atoms with van der Waals surface area (Å²) in [5.74, 6) is -2.87. The standard InChI is InChI=1S/C24H24FN5O4.C4H4O4/c1-2-34-24(33)30-20-15-16(25)7-8-19(20)21(26-30)28-12-9-27(10-13-28)11-14-29-22(31)17-5-3-4-6-18(17)23(29)32;5-3(6)1-2-4(7)8/h3-8,15H,2,9-14H2,1H3;1-2H,(H,5,6)(H,7,8)/b;2-1-. The van der Waals surface area contributed by atoms with Gasteiger partial charge in [-0.1, -0.05) is 12.1 Å². The van der Waals surface area contributed by atoms with E-state index in [1.165, 1.54) is 17.0 Å². The van der Waals surface area contributed by atoms with Crippen molar-refractivity contribution in [1.29, 1.82) is 0 Å². The highest BCUT2D eigenvalue weighted by molar-refractivity contribution is 6.21. The highest BCUT2D eigenvalue weighted by Gasteiger charge is 2.35. The second kappa shape index (κ2) is 13.0. The molecule has 0 unspecified atom stereocenters. The number of carbonyl (C=O) groups excluding carboxylic acids is 3. The van der Waals surface area contributed by atoms with Gasteiger partial charge in [-0.25, -0.2) is 18.8 Å². The highest BCUT2D eigenvalue weighted by Crippen LogP contribution is 2.28. The summed E-state index contributed by atoms with van der Waals surface area (Å²) in [4.78, 5) is 62.1. The van der Waals surface area contributed by atoms with Gasteiger partial charge in [-0.2, -0.15) is 4.68 Å². The fourth-order valence-corrected chi connectivity index (χ4v) is 4.64. The first-order chi connectivity index (χ1) is 20.1. The average molecular weight is 582 g/mol. The second-order valence-corrected chi connectivity index (χ2v) is 9.24. The molecule has 2 aromatic carbocycles. The molecule has 14 heteroatoms. The Balaban J connectivity index is 0.000000446. The van der Waals surface area contributed by atoms with E-state index in [1.807, 2.05) is 0 Å². The molecule has 42 heavy (non-hydrogen) atoms. The molecule has 5 rings (SSSR count). The third kappa shape index (κ3) is 6.61. The summed E-state index contributed by atoms with van der Waals surface area (Å²) < 4.78 is 20.0. The predicted molar refractivity (Wildman–Crippen MR) is 147 cm³/mol. The number of halogens is 1. The van der Waals surface area contributed by atoms with Crippen molar-refractivity contribution in [2.24, 2.45) is 0 Å². The lowest BCUT2D eigenvalue weighted by atomic mass is 10.1. The van der Waals surface area contributed by atoms with Crippen LogP contribution in [0.4, 0.5) is 15.0 Å². The number of aliphatic carboxylic acids is 2. The third-order valence-corrected chi connectivity index (χ3v) is 6.62. The van der Waals surface area contributed by atoms with Crippen LogP contribution in [0.5, 0.6) is 0 Å². The van der Waals surface area contributed by atoms with Gasteiger partial charge in [-0.15, -0.1) is 5.10 Å². The first-order valence-electron chi connectivity index (χ1n) is 13.0. The predicted octanol–water partition coefficient (Wildman–Crippen LogP) is 2.31. The summed E-state index contributed by atoms with van der Waals surface area (Å²) in [6.07, 6.45) is 0.467. The Hall–Kier alpha value is -5.11. The van der Waals surface area contributed by atoms with Crippen LogP contribution in [0, 0.1) is 5.82 Å². The van der Waals surface area contributed by atoms with Gasteiger partial charge < -0.3 is 19.8 Å². The smallest absolute Gasteiger partial charge is 0.435 e. The number of hydrogen-bond donors (Lipinski definition) is 2. The molecule has 2 amide bonds. The van der Waals surface area contributed by atoms with Crippen molar-refractivity contribution >= 4 is 46.6 Å². The molecule has 13 nitrogen and oxygen atoms in total. The normalized spacial score (nSPS) is 15.1. The topological polar surface area (TPSA) is 163 Å². The largest absolute Gasteiger partial charge is 0.478 e. The van der Waals surface area contributed by atoms with Crippen LogP contribution < -0.4 is 4.90 Å². The fraction of sp³-hybridized carbons (Fsp3) is 0.286. The van der Waals surface area contributed by atoms with Crippen molar-refractivity contribution in [3.63, 3.8) is 0 Å². The monoisotopic (exact) mass is 581 g/mol. The fourth-order valence-electron chi connectivity index (χ4n) is 4.64. The summed E-state index contributed by atoms with van der Waals surface area (Å²) >= 11 is 0. The van der Waals surface area contributed by atoms with Crippen molar-refractivity contribution in [2.75, 3.05) is 50.8 Å². The Bertz CT molecular complexity index is 1510. The molecule has 220 valence electrons. The number of carboxylic acid groups (broad SMARTS) is 2. The number of amides is 2. The van der Waals surface area contributed by atoms with Gasteiger partial charge in [-0.05, 0) is 31.2 Å². The Morgan fingerprint density at radius 1 is 0.929 bits per heavy atom. The maximum Gasteiger partial charge on any atom is 0.435 e. The molecule has 2 aliphatic heterocycles. The maximum absolute atomic E-state index is 13.9. The van der Waals surface area contributed by atoms with Crippen molar-refractivity contribution in [1.82, 2.24) is 19.6 Å². The zero-order valence-corrected chi connectivity index (χ0v) is 22.6. The average Bonchev–Trinajstić information content (AvgIpc) is 3.46. The molecule has 0 saturated carbocycles. The number of piperazine rings is 1. The van der Waals surface area contributed by atoms with E-state index < -0.39 is 23.8 Å². The Kier molecular flexibility index (Phi) is 9.27. The van der Waals surface area contributed by atoms with Crippen LogP contribution in [0.1, 0.15) is 27.6 Å². The summed E-state index contributed by atoms with van der Waals surface area (Å²) in [7, 11) is 0. The summed E-state index contributed by atoms with van der Waals surface area (Å²) in [5, 5.41) is 20.7. The number of anilines is 1. The Morgan fingerprint density at radius 2 is 1.52 bits per heavy atom. The van der Waals surface area contributed by atoms with Crippen LogP contribution >= 0.6 is 0 Å². The molecule has 1 fully saturated rings. The Morgan fingerprint density at radius 3 is 2.07 bits per heavy atom. The first kappa shape index (κ1) is 29.9. The van der Waals surface area contributed by atoms with Gasteiger partial charge in [0.25, 0.3) is 11.8 Å². The van der Waals surface area contributed by atoms with Gasteiger partial charge in [0, 0.05) is 62.9 Å². The van der Waals surface area contributed by atoms with E-state index in [4.69, 9.17) is 14.9 Å². The number of nitrogens with zero attached hydrogens (tertiary/aromatic N) is 5. The van der Waals surface area contributed by atoms with E-state index in [0.29, 0.717) is 79.3 Å². The maximum atomic E-state index is 13.9. The number of benzene rings is 2. The van der Waals surface area contributed by atoms with Gasteiger partial charge in [0.2, 0.25) is 0 Å². The van der Waals surface area contributed by atoms with Crippen molar-refractivity contribution in [3.05, 3.63) is 71.6 Å². The quantitative estimate of drug-likeness (QED) is 0.311. The van der Waals surface area contributed by atoms with Gasteiger partial charge in [0.15, 0.2) is 5.82 Å². The van der Waals surface area contributed by atoms with Crippen LogP contribution in [0.25, 0.3) is 10.9 Å². The van der Waals surface area contributed by atoms with E-state index in [9.17, 15) is 28.4 Å². The third-order valence-electron chi connectivity index (χ3n) is 6.62. The number of hydrogen-bond acceptors (Lipinski definition) is 9. The molecule has 1 saturated heterocycles. The van der Waals surface area contributed by atoms with Gasteiger partial charge in [-0.3, -0.25) is 19.4 Å². The number of rotatable bonds is 7. The van der Waals surface area contributed by atoms with Gasteiger partial charge in [0.1, 0.15) is 5.82 Å². The van der Waals surface area contributed by atoms with E-state index in [1.54, 1.807) is 37.3 Å². The van der Waals surface area contributed by atoms with Crippen LogP contribution in [-0.2, 0) is 14.3 Å². The summed E-state index contributed by atoms with van der Waals surface area (Å²) in [6.45, 7) is 5.44. The number of carbonyl (C=O) groups is 5. The lowest BCUT2D eigenvalue weighted by molar-refractivity contribution is -0.134. The SMILES string of the molecule is CCOC(=O)n1nc(N2CCN(CCN3C(=O)c4ccccc4C3=O)CC2)c2ccc(F)cc21.O=C(O)/C=C\C(=O)O. The summed E-state index contributed by atoms with van der Waals surface area (Å²) in [5.41, 5.74) is 1.28. The lowest BCUT2D eigenvalue weighted by Crippen LogP contribution is -2.49. The molecular formula is C28H28FN5O8. The first-order valence-corrected chi connectivity index (χ1v) is 13.0. The molecule has 1 aromatic heterocycles. The van der Waals surface area contributed by atoms with E-state index in [0.717, 1.165) is 4.68 Å². The number of imide groups is 1. The highest BCUT2D eigenvalue weighted by atomic mass is 19.1. The van der Waals surface area contributed by atoms with Gasteiger partial charge in [0.05, 0.1) is 23.3 Å². The zero-order chi connectivity index (χ0) is 30.4. The Labute approximate surface area is 239 Å². The molecule has 0 bridgehead atoms. The van der Waals surface area contributed by atoms with E-state index >= 15 is 0 Å². The molecule has 0 spiro atoms. The van der Waals surface area contributed by atoms with E-state index in [2.05, 4.69) is 14.9 Å². The number of aromatic nitrogens is 2. The van der Waals surface area contributed by atoms with Gasteiger partial charge >= 0.3 is 18.0 Å². The van der Waals surface area contributed by atoms with E-state index in [-0.39, 0.29) is 18.4 Å². The number of ether oxygens (including phenoxy) is 1. The van der Waals surface area contributed by atoms with Crippen LogP contribution in [-0.4, -0.2) is 106 Å².